The van der Waals surface area contributed by atoms with E-state index in [1.165, 1.54) is 12.1 Å². The van der Waals surface area contributed by atoms with Crippen molar-refractivity contribution in [3.63, 3.8) is 0 Å². The molecule has 0 atom stereocenters. The van der Waals surface area contributed by atoms with Crippen LogP contribution >= 0.6 is 0 Å². The first kappa shape index (κ1) is 12.0. The van der Waals surface area contributed by atoms with Crippen LogP contribution in [0.4, 0.5) is 15.8 Å². The van der Waals surface area contributed by atoms with Gasteiger partial charge in [0.1, 0.15) is 5.82 Å². The number of ether oxygens (including phenoxy) is 1. The minimum absolute atomic E-state index is 0.00269. The van der Waals surface area contributed by atoms with Crippen LogP contribution in [0, 0.1) is 11.7 Å². The lowest BCUT2D eigenvalue weighted by molar-refractivity contribution is -0.122. The smallest absolute Gasteiger partial charge is 0.262 e. The van der Waals surface area contributed by atoms with E-state index in [1.807, 2.05) is 0 Å². The van der Waals surface area contributed by atoms with Crippen molar-refractivity contribution in [3.8, 4) is 5.75 Å². The summed E-state index contributed by atoms with van der Waals surface area (Å²) >= 11 is 0. The fourth-order valence-corrected chi connectivity index (χ4v) is 2.16. The third-order valence-corrected chi connectivity index (χ3v) is 3.41. The highest BCUT2D eigenvalue weighted by atomic mass is 19.1. The molecule has 5 nitrogen and oxygen atoms in total. The van der Waals surface area contributed by atoms with E-state index < -0.39 is 5.82 Å². The van der Waals surface area contributed by atoms with E-state index >= 15 is 0 Å². The van der Waals surface area contributed by atoms with Crippen LogP contribution in [0.15, 0.2) is 12.1 Å². The second-order valence-corrected chi connectivity index (χ2v) is 4.78. The first-order valence-corrected chi connectivity index (χ1v) is 6.20. The maximum Gasteiger partial charge on any atom is 0.262 e. The van der Waals surface area contributed by atoms with E-state index in [9.17, 15) is 14.0 Å². The summed E-state index contributed by atoms with van der Waals surface area (Å²) in [4.78, 5) is 23.1. The summed E-state index contributed by atoms with van der Waals surface area (Å²) in [5.41, 5.74) is 0.520. The molecule has 2 aliphatic rings. The minimum Gasteiger partial charge on any atom is -0.479 e. The molecule has 1 aromatic carbocycles. The molecule has 19 heavy (non-hydrogen) atoms. The zero-order valence-electron chi connectivity index (χ0n) is 10.2. The van der Waals surface area contributed by atoms with E-state index in [4.69, 9.17) is 4.74 Å². The number of benzene rings is 1. The standard InChI is InChI=1S/C13H13FN2O3/c14-8-4-9-12(19-6-11(17)15-9)10(5-8)16-13(18)7-2-1-3-7/h4-5,7H,1-3,6H2,(H,15,17)(H,16,18). The fraction of sp³-hybridized carbons (Fsp3) is 0.385. The Labute approximate surface area is 109 Å². The van der Waals surface area contributed by atoms with Gasteiger partial charge in [-0.1, -0.05) is 6.42 Å². The molecule has 0 saturated heterocycles. The van der Waals surface area contributed by atoms with Crippen molar-refractivity contribution < 1.29 is 18.7 Å². The molecular weight excluding hydrogens is 251 g/mol. The Morgan fingerprint density at radius 2 is 2.21 bits per heavy atom. The number of hydrogen-bond acceptors (Lipinski definition) is 3. The number of fused-ring (bicyclic) bond motifs is 1. The molecule has 100 valence electrons. The van der Waals surface area contributed by atoms with Crippen LogP contribution in [0.5, 0.6) is 5.75 Å². The molecule has 6 heteroatoms. The molecule has 0 bridgehead atoms. The van der Waals surface area contributed by atoms with Gasteiger partial charge in [0, 0.05) is 18.1 Å². The third kappa shape index (κ3) is 2.25. The highest BCUT2D eigenvalue weighted by molar-refractivity contribution is 6.00. The van der Waals surface area contributed by atoms with Crippen molar-refractivity contribution in [2.24, 2.45) is 5.92 Å². The second-order valence-electron chi connectivity index (χ2n) is 4.78. The van der Waals surface area contributed by atoms with Gasteiger partial charge in [-0.2, -0.15) is 0 Å². The Balaban J connectivity index is 1.87. The van der Waals surface area contributed by atoms with Crippen LogP contribution in [0.3, 0.4) is 0 Å². The molecule has 2 N–H and O–H groups in total. The normalized spacial score (nSPS) is 17.8. The minimum atomic E-state index is -0.534. The van der Waals surface area contributed by atoms with E-state index in [2.05, 4.69) is 10.6 Å². The molecular formula is C13H13FN2O3. The van der Waals surface area contributed by atoms with Crippen LogP contribution in [0.25, 0.3) is 0 Å². The summed E-state index contributed by atoms with van der Waals surface area (Å²) in [5.74, 6) is -0.687. The highest BCUT2D eigenvalue weighted by Gasteiger charge is 2.27. The summed E-state index contributed by atoms with van der Waals surface area (Å²) in [6, 6.07) is 2.37. The van der Waals surface area contributed by atoms with Gasteiger partial charge in [-0.25, -0.2) is 4.39 Å². The van der Waals surface area contributed by atoms with E-state index in [1.54, 1.807) is 0 Å². The van der Waals surface area contributed by atoms with Gasteiger partial charge < -0.3 is 15.4 Å². The lowest BCUT2D eigenvalue weighted by atomic mass is 9.85. The average Bonchev–Trinajstić information content (AvgIpc) is 2.25. The molecule has 1 aromatic rings. The van der Waals surface area contributed by atoms with Crippen molar-refractivity contribution >= 4 is 23.2 Å². The van der Waals surface area contributed by atoms with Gasteiger partial charge in [-0.15, -0.1) is 0 Å². The summed E-state index contributed by atoms with van der Waals surface area (Å²) < 4.78 is 18.7. The van der Waals surface area contributed by atoms with Gasteiger partial charge in [0.05, 0.1) is 11.4 Å². The van der Waals surface area contributed by atoms with Crippen LogP contribution in [0.1, 0.15) is 19.3 Å². The van der Waals surface area contributed by atoms with Crippen molar-refractivity contribution in [1.29, 1.82) is 0 Å². The lowest BCUT2D eigenvalue weighted by Gasteiger charge is -2.26. The molecule has 1 fully saturated rings. The zero-order chi connectivity index (χ0) is 13.4. The van der Waals surface area contributed by atoms with Crippen molar-refractivity contribution in [2.75, 3.05) is 17.2 Å². The van der Waals surface area contributed by atoms with E-state index in [0.29, 0.717) is 5.75 Å². The van der Waals surface area contributed by atoms with Crippen molar-refractivity contribution in [2.45, 2.75) is 19.3 Å². The van der Waals surface area contributed by atoms with Gasteiger partial charge in [-0.3, -0.25) is 9.59 Å². The van der Waals surface area contributed by atoms with Crippen LogP contribution in [-0.2, 0) is 9.59 Å². The maximum atomic E-state index is 13.5. The fourth-order valence-electron chi connectivity index (χ4n) is 2.16. The summed E-state index contributed by atoms with van der Waals surface area (Å²) in [6.45, 7) is -0.134. The van der Waals surface area contributed by atoms with Crippen LogP contribution in [-0.4, -0.2) is 18.4 Å². The van der Waals surface area contributed by atoms with E-state index in [-0.39, 0.29) is 35.7 Å². The van der Waals surface area contributed by atoms with Gasteiger partial charge >= 0.3 is 0 Å². The quantitative estimate of drug-likeness (QED) is 0.857. The first-order valence-electron chi connectivity index (χ1n) is 6.20. The third-order valence-electron chi connectivity index (χ3n) is 3.41. The summed E-state index contributed by atoms with van der Waals surface area (Å²) in [5, 5.41) is 5.19. The molecule has 1 aliphatic carbocycles. The number of nitrogens with one attached hydrogen (secondary N) is 2. The SMILES string of the molecule is O=C1COc2c(cc(F)cc2NC(=O)C2CCC2)N1. The number of rotatable bonds is 2. The maximum absolute atomic E-state index is 13.5. The van der Waals surface area contributed by atoms with Crippen LogP contribution < -0.4 is 15.4 Å². The molecule has 2 amide bonds. The zero-order valence-corrected chi connectivity index (χ0v) is 10.2. The predicted molar refractivity (Wildman–Crippen MR) is 66.5 cm³/mol. The molecule has 0 aromatic heterocycles. The summed E-state index contributed by atoms with van der Waals surface area (Å²) in [7, 11) is 0. The largest absolute Gasteiger partial charge is 0.479 e. The molecule has 0 unspecified atom stereocenters. The van der Waals surface area contributed by atoms with Gasteiger partial charge in [0.2, 0.25) is 5.91 Å². The number of amides is 2. The molecule has 3 rings (SSSR count). The van der Waals surface area contributed by atoms with Gasteiger partial charge in [0.15, 0.2) is 12.4 Å². The number of carbonyl (C=O) groups excluding carboxylic acids is 2. The molecule has 1 saturated carbocycles. The monoisotopic (exact) mass is 264 g/mol. The second kappa shape index (κ2) is 4.53. The highest BCUT2D eigenvalue weighted by Crippen LogP contribution is 2.37. The first-order chi connectivity index (χ1) is 9.13. The van der Waals surface area contributed by atoms with Gasteiger partial charge in [0.25, 0.3) is 5.91 Å². The Bertz CT molecular complexity index is 555. The number of hydrogen-bond donors (Lipinski definition) is 2. The topological polar surface area (TPSA) is 67.4 Å². The lowest BCUT2D eigenvalue weighted by Crippen LogP contribution is -2.30. The molecule has 1 aliphatic heterocycles. The van der Waals surface area contributed by atoms with Crippen molar-refractivity contribution in [3.05, 3.63) is 17.9 Å². The van der Waals surface area contributed by atoms with Crippen LogP contribution in [0.2, 0.25) is 0 Å². The Morgan fingerprint density at radius 3 is 2.89 bits per heavy atom. The molecule has 0 radical (unpaired) electrons. The Kier molecular flexibility index (Phi) is 2.85. The average molecular weight is 264 g/mol. The number of anilines is 2. The summed E-state index contributed by atoms with van der Waals surface area (Å²) in [6.07, 6.45) is 2.77. The predicted octanol–water partition coefficient (Wildman–Crippen LogP) is 1.90. The van der Waals surface area contributed by atoms with E-state index in [0.717, 1.165) is 19.3 Å². The number of halogens is 1. The van der Waals surface area contributed by atoms with Crippen molar-refractivity contribution in [1.82, 2.24) is 0 Å². The number of carbonyl (C=O) groups is 2. The molecule has 0 spiro atoms. The van der Waals surface area contributed by atoms with Gasteiger partial charge in [-0.05, 0) is 12.8 Å². The Morgan fingerprint density at radius 1 is 1.42 bits per heavy atom. The molecule has 1 heterocycles. The Hall–Kier alpha value is -2.11.